The fourth-order valence-corrected chi connectivity index (χ4v) is 3.91. The van der Waals surface area contributed by atoms with E-state index in [0.29, 0.717) is 16.5 Å². The van der Waals surface area contributed by atoms with Crippen LogP contribution in [0.3, 0.4) is 0 Å². The molecule has 3 aromatic rings. The Balaban J connectivity index is 1.93. The monoisotopic (exact) mass is 375 g/mol. The molecule has 0 saturated carbocycles. The topological polar surface area (TPSA) is 33.1 Å². The first-order valence-electron chi connectivity index (χ1n) is 7.41. The van der Waals surface area contributed by atoms with Gasteiger partial charge in [-0.25, -0.2) is 4.98 Å². The van der Waals surface area contributed by atoms with Crippen LogP contribution in [-0.2, 0) is 5.75 Å². The minimum Gasteiger partial charge on any atom is -0.384 e. The van der Waals surface area contributed by atoms with Crippen molar-refractivity contribution in [2.45, 2.75) is 16.8 Å². The molecule has 2 aromatic carbocycles. The van der Waals surface area contributed by atoms with E-state index in [1.165, 1.54) is 0 Å². The minimum absolute atomic E-state index is 0.238. The van der Waals surface area contributed by atoms with Crippen LogP contribution >= 0.6 is 35.0 Å². The smallest absolute Gasteiger partial charge is 0.137 e. The van der Waals surface area contributed by atoms with Gasteiger partial charge >= 0.3 is 0 Å². The van der Waals surface area contributed by atoms with Gasteiger partial charge in [0, 0.05) is 16.2 Å². The van der Waals surface area contributed by atoms with Crippen molar-refractivity contribution in [1.29, 1.82) is 0 Å². The second-order valence-electron chi connectivity index (χ2n) is 5.22. The first-order chi connectivity index (χ1) is 11.6. The van der Waals surface area contributed by atoms with Crippen molar-refractivity contribution in [2.24, 2.45) is 0 Å². The van der Waals surface area contributed by atoms with Crippen LogP contribution in [0.1, 0.15) is 22.8 Å². The highest BCUT2D eigenvalue weighted by Crippen LogP contribution is 2.35. The van der Waals surface area contributed by atoms with Crippen LogP contribution in [0.15, 0.2) is 71.6 Å². The maximum Gasteiger partial charge on any atom is 0.137 e. The SMILES string of the molecule is OC(c1ccccc1)c1c(CSc2ccccc2)cc(Cl)nc1Cl. The molecule has 24 heavy (non-hydrogen) atoms. The average molecular weight is 376 g/mol. The number of benzene rings is 2. The minimum atomic E-state index is -0.838. The summed E-state index contributed by atoms with van der Waals surface area (Å²) >= 11 is 14.0. The molecule has 122 valence electrons. The van der Waals surface area contributed by atoms with E-state index in [4.69, 9.17) is 23.2 Å². The number of aliphatic hydroxyl groups is 1. The largest absolute Gasteiger partial charge is 0.384 e. The van der Waals surface area contributed by atoms with Gasteiger partial charge in [-0.3, -0.25) is 0 Å². The molecule has 5 heteroatoms. The maximum atomic E-state index is 10.8. The molecule has 0 amide bonds. The summed E-state index contributed by atoms with van der Waals surface area (Å²) in [4.78, 5) is 5.24. The molecule has 0 aliphatic rings. The van der Waals surface area contributed by atoms with Crippen molar-refractivity contribution in [3.63, 3.8) is 0 Å². The quantitative estimate of drug-likeness (QED) is 0.454. The zero-order chi connectivity index (χ0) is 16.9. The van der Waals surface area contributed by atoms with Gasteiger partial charge < -0.3 is 5.11 Å². The number of nitrogens with zero attached hydrogens (tertiary/aromatic N) is 1. The van der Waals surface area contributed by atoms with Gasteiger partial charge in [-0.05, 0) is 29.3 Å². The predicted octanol–water partition coefficient (Wildman–Crippen LogP) is 5.76. The fraction of sp³-hybridized carbons (Fsp3) is 0.105. The van der Waals surface area contributed by atoms with Crippen molar-refractivity contribution in [3.8, 4) is 0 Å². The van der Waals surface area contributed by atoms with E-state index in [1.807, 2.05) is 60.7 Å². The van der Waals surface area contributed by atoms with Crippen LogP contribution in [0.4, 0.5) is 0 Å². The number of thioether (sulfide) groups is 1. The van der Waals surface area contributed by atoms with E-state index in [9.17, 15) is 5.11 Å². The lowest BCUT2D eigenvalue weighted by atomic mass is 9.99. The molecule has 1 N–H and O–H groups in total. The molecule has 0 bridgehead atoms. The predicted molar refractivity (Wildman–Crippen MR) is 101 cm³/mol. The Hall–Kier alpha value is -1.52. The third-order valence-electron chi connectivity index (χ3n) is 3.59. The van der Waals surface area contributed by atoms with Crippen molar-refractivity contribution in [1.82, 2.24) is 4.98 Å². The Bertz CT molecular complexity index is 812. The number of hydrogen-bond acceptors (Lipinski definition) is 3. The van der Waals surface area contributed by atoms with Gasteiger partial charge in [0.1, 0.15) is 16.4 Å². The first-order valence-corrected chi connectivity index (χ1v) is 9.15. The number of hydrogen-bond donors (Lipinski definition) is 1. The van der Waals surface area contributed by atoms with Crippen LogP contribution in [0.25, 0.3) is 0 Å². The molecular formula is C19H15Cl2NOS. The molecule has 1 aromatic heterocycles. The number of aliphatic hydroxyl groups excluding tert-OH is 1. The van der Waals surface area contributed by atoms with Crippen LogP contribution in [0.2, 0.25) is 10.3 Å². The highest BCUT2D eigenvalue weighted by molar-refractivity contribution is 7.98. The highest BCUT2D eigenvalue weighted by Gasteiger charge is 2.20. The second kappa shape index (κ2) is 8.04. The van der Waals surface area contributed by atoms with Gasteiger partial charge in [-0.2, -0.15) is 0 Å². The van der Waals surface area contributed by atoms with Gasteiger partial charge in [0.05, 0.1) is 0 Å². The lowest BCUT2D eigenvalue weighted by molar-refractivity contribution is 0.219. The Morgan fingerprint density at radius 2 is 1.58 bits per heavy atom. The summed E-state index contributed by atoms with van der Waals surface area (Å²) in [7, 11) is 0. The van der Waals surface area contributed by atoms with Gasteiger partial charge in [-0.15, -0.1) is 11.8 Å². The van der Waals surface area contributed by atoms with Gasteiger partial charge in [0.2, 0.25) is 0 Å². The summed E-state index contributed by atoms with van der Waals surface area (Å²) in [5.74, 6) is 0.644. The summed E-state index contributed by atoms with van der Waals surface area (Å²) in [6.07, 6.45) is -0.838. The molecule has 0 spiro atoms. The van der Waals surface area contributed by atoms with Gasteiger partial charge in [0.15, 0.2) is 0 Å². The average Bonchev–Trinajstić information content (AvgIpc) is 2.60. The summed E-state index contributed by atoms with van der Waals surface area (Å²) in [5, 5.41) is 11.3. The molecule has 3 rings (SSSR count). The molecule has 1 heterocycles. The Morgan fingerprint density at radius 1 is 0.958 bits per heavy atom. The van der Waals surface area contributed by atoms with E-state index >= 15 is 0 Å². The standard InChI is InChI=1S/C19H15Cl2NOS/c20-16-11-14(12-24-15-9-5-2-6-10-15)17(19(21)22-16)18(23)13-7-3-1-4-8-13/h1-11,18,23H,12H2. The molecule has 0 aliphatic carbocycles. The van der Waals surface area contributed by atoms with Gasteiger partial charge in [0.25, 0.3) is 0 Å². The summed E-state index contributed by atoms with van der Waals surface area (Å²) in [6.45, 7) is 0. The van der Waals surface area contributed by atoms with Crippen molar-refractivity contribution >= 4 is 35.0 Å². The van der Waals surface area contributed by atoms with Gasteiger partial charge in [-0.1, -0.05) is 71.7 Å². The molecule has 0 saturated heterocycles. The van der Waals surface area contributed by atoms with E-state index in [1.54, 1.807) is 17.8 Å². The molecule has 0 radical (unpaired) electrons. The lowest BCUT2D eigenvalue weighted by Crippen LogP contribution is -2.06. The van der Waals surface area contributed by atoms with E-state index in [0.717, 1.165) is 16.0 Å². The summed E-state index contributed by atoms with van der Waals surface area (Å²) in [5.41, 5.74) is 2.26. The lowest BCUT2D eigenvalue weighted by Gasteiger charge is -2.17. The third kappa shape index (κ3) is 4.11. The molecule has 0 fully saturated rings. The van der Waals surface area contributed by atoms with Crippen molar-refractivity contribution in [2.75, 3.05) is 0 Å². The van der Waals surface area contributed by atoms with Crippen molar-refractivity contribution < 1.29 is 5.11 Å². The van der Waals surface area contributed by atoms with Crippen molar-refractivity contribution in [3.05, 3.63) is 93.7 Å². The second-order valence-corrected chi connectivity index (χ2v) is 7.02. The Kier molecular flexibility index (Phi) is 5.80. The zero-order valence-corrected chi connectivity index (χ0v) is 15.0. The van der Waals surface area contributed by atoms with E-state index < -0.39 is 6.10 Å². The number of halogens is 2. The van der Waals surface area contributed by atoms with Crippen LogP contribution in [0, 0.1) is 0 Å². The zero-order valence-electron chi connectivity index (χ0n) is 12.7. The molecule has 1 unspecified atom stereocenters. The third-order valence-corrected chi connectivity index (χ3v) is 5.14. The van der Waals surface area contributed by atoms with Crippen LogP contribution in [0.5, 0.6) is 0 Å². The molecule has 1 atom stereocenters. The fourth-order valence-electron chi connectivity index (χ4n) is 2.43. The summed E-state index contributed by atoms with van der Waals surface area (Å²) < 4.78 is 0. The maximum absolute atomic E-state index is 10.8. The Morgan fingerprint density at radius 3 is 2.25 bits per heavy atom. The molecule has 0 aliphatic heterocycles. The number of pyridine rings is 1. The van der Waals surface area contributed by atoms with E-state index in [2.05, 4.69) is 4.98 Å². The first kappa shape index (κ1) is 17.3. The number of aromatic nitrogens is 1. The highest BCUT2D eigenvalue weighted by atomic mass is 35.5. The molecule has 2 nitrogen and oxygen atoms in total. The van der Waals surface area contributed by atoms with Crippen LogP contribution in [-0.4, -0.2) is 10.1 Å². The molecular weight excluding hydrogens is 361 g/mol. The van der Waals surface area contributed by atoms with Crippen LogP contribution < -0.4 is 0 Å². The summed E-state index contributed by atoms with van der Waals surface area (Å²) in [6, 6.07) is 21.2. The van der Waals surface area contributed by atoms with E-state index in [-0.39, 0.29) is 5.15 Å². The number of rotatable bonds is 5. The Labute approximate surface area is 155 Å². The normalized spacial score (nSPS) is 12.1.